The summed E-state index contributed by atoms with van der Waals surface area (Å²) in [5.41, 5.74) is 3.88. The topological polar surface area (TPSA) is 52.6 Å². The number of nitrogens with zero attached hydrogens (tertiary/aromatic N) is 2. The highest BCUT2D eigenvalue weighted by atomic mass is 35.5. The first-order valence-electron chi connectivity index (χ1n) is 8.31. The Morgan fingerprint density at radius 2 is 1.81 bits per heavy atom. The van der Waals surface area contributed by atoms with E-state index in [1.807, 2.05) is 18.2 Å². The van der Waals surface area contributed by atoms with Gasteiger partial charge in [-0.2, -0.15) is 0 Å². The number of fused-ring (bicyclic) bond motifs is 1. The molecule has 0 saturated carbocycles. The summed E-state index contributed by atoms with van der Waals surface area (Å²) in [7, 11) is 2.06. The minimum absolute atomic E-state index is 0. The van der Waals surface area contributed by atoms with Crippen molar-refractivity contribution in [2.75, 3.05) is 25.0 Å². The maximum Gasteiger partial charge on any atom is 0.329 e. The predicted molar refractivity (Wildman–Crippen MR) is 109 cm³/mol. The molecule has 142 valence electrons. The molecular weight excluding hydrogens is 409 g/mol. The Morgan fingerprint density at radius 1 is 1.11 bits per heavy atom. The smallest absolute Gasteiger partial charge is 0.328 e. The van der Waals surface area contributed by atoms with Crippen molar-refractivity contribution in [1.29, 1.82) is 0 Å². The minimum Gasteiger partial charge on any atom is -0.328 e. The van der Waals surface area contributed by atoms with Crippen LogP contribution in [0.5, 0.6) is 0 Å². The molecule has 8 heteroatoms. The Bertz CT molecular complexity index is 886. The Hall–Kier alpha value is -1.79. The van der Waals surface area contributed by atoms with E-state index in [9.17, 15) is 9.59 Å². The maximum absolute atomic E-state index is 11.9. The van der Waals surface area contributed by atoms with Crippen LogP contribution in [0.4, 0.5) is 10.5 Å². The molecule has 0 aromatic heterocycles. The molecule has 2 aliphatic heterocycles. The van der Waals surface area contributed by atoms with Crippen molar-refractivity contribution in [3.8, 4) is 0 Å². The molecule has 2 aliphatic rings. The van der Waals surface area contributed by atoms with E-state index in [4.69, 9.17) is 23.2 Å². The zero-order valence-electron chi connectivity index (χ0n) is 14.5. The van der Waals surface area contributed by atoms with E-state index >= 15 is 0 Å². The van der Waals surface area contributed by atoms with E-state index in [2.05, 4.69) is 17.3 Å². The molecule has 1 atom stereocenters. The van der Waals surface area contributed by atoms with Crippen LogP contribution in [0.15, 0.2) is 36.4 Å². The van der Waals surface area contributed by atoms with Gasteiger partial charge in [0.2, 0.25) is 0 Å². The van der Waals surface area contributed by atoms with Gasteiger partial charge in [0.15, 0.2) is 0 Å². The molecule has 2 aromatic rings. The summed E-state index contributed by atoms with van der Waals surface area (Å²) in [6, 6.07) is 10.9. The van der Waals surface area contributed by atoms with Crippen LogP contribution in [-0.4, -0.2) is 37.0 Å². The average Bonchev–Trinajstić information content (AvgIpc) is 2.94. The molecule has 4 rings (SSSR count). The molecule has 0 aliphatic carbocycles. The number of carbonyl (C=O) groups excluding carboxylic acids is 2. The third kappa shape index (κ3) is 3.65. The monoisotopic (exact) mass is 425 g/mol. The highest BCUT2D eigenvalue weighted by Crippen LogP contribution is 2.38. The van der Waals surface area contributed by atoms with Crippen LogP contribution >= 0.6 is 35.6 Å². The molecule has 1 N–H and O–H groups in total. The van der Waals surface area contributed by atoms with Gasteiger partial charge < -0.3 is 10.2 Å². The standard InChI is InChI=1S/C19H17Cl2N3O2.ClH/c1-23-9-15(14-6-12(20)7-17(21)16(14)10-23)11-2-4-13(5-3-11)24-18(25)8-22-19(24)26;/h2-7,15H,8-10H2,1H3,(H,22,26);1H. The van der Waals surface area contributed by atoms with E-state index in [1.54, 1.807) is 18.2 Å². The van der Waals surface area contributed by atoms with Crippen molar-refractivity contribution in [3.63, 3.8) is 0 Å². The van der Waals surface area contributed by atoms with Gasteiger partial charge in [0.05, 0.1) is 12.2 Å². The number of halogens is 3. The fraction of sp³-hybridized carbons (Fsp3) is 0.263. The van der Waals surface area contributed by atoms with E-state index in [1.165, 1.54) is 4.90 Å². The lowest BCUT2D eigenvalue weighted by Crippen LogP contribution is -2.32. The lowest BCUT2D eigenvalue weighted by atomic mass is 9.84. The van der Waals surface area contributed by atoms with Crippen LogP contribution in [0, 0.1) is 0 Å². The summed E-state index contributed by atoms with van der Waals surface area (Å²) in [4.78, 5) is 27.1. The second kappa shape index (κ2) is 7.68. The van der Waals surface area contributed by atoms with Gasteiger partial charge >= 0.3 is 6.03 Å². The Morgan fingerprint density at radius 3 is 2.44 bits per heavy atom. The molecule has 2 aromatic carbocycles. The summed E-state index contributed by atoms with van der Waals surface area (Å²) in [5, 5.41) is 3.83. The zero-order chi connectivity index (χ0) is 18.4. The number of hydrogen-bond acceptors (Lipinski definition) is 3. The van der Waals surface area contributed by atoms with Crippen molar-refractivity contribution >= 4 is 53.2 Å². The van der Waals surface area contributed by atoms with Crippen molar-refractivity contribution in [1.82, 2.24) is 10.2 Å². The van der Waals surface area contributed by atoms with E-state index < -0.39 is 0 Å². The van der Waals surface area contributed by atoms with Gasteiger partial charge in [-0.1, -0.05) is 35.3 Å². The van der Waals surface area contributed by atoms with Crippen molar-refractivity contribution in [2.45, 2.75) is 12.5 Å². The third-order valence-corrected chi connectivity index (χ3v) is 5.44. The first-order chi connectivity index (χ1) is 12.4. The van der Waals surface area contributed by atoms with Crippen LogP contribution in [0.25, 0.3) is 0 Å². The third-order valence-electron chi connectivity index (χ3n) is 4.89. The molecule has 3 amide bonds. The van der Waals surface area contributed by atoms with Crippen LogP contribution < -0.4 is 10.2 Å². The van der Waals surface area contributed by atoms with Gasteiger partial charge in [-0.05, 0) is 48.0 Å². The van der Waals surface area contributed by atoms with Gasteiger partial charge in [-0.25, -0.2) is 9.69 Å². The van der Waals surface area contributed by atoms with Gasteiger partial charge in [0.25, 0.3) is 5.91 Å². The summed E-state index contributed by atoms with van der Waals surface area (Å²) >= 11 is 12.6. The largest absolute Gasteiger partial charge is 0.329 e. The highest BCUT2D eigenvalue weighted by molar-refractivity contribution is 6.35. The number of carbonyl (C=O) groups is 2. The molecule has 0 spiro atoms. The number of imide groups is 1. The predicted octanol–water partition coefficient (Wildman–Crippen LogP) is 4.05. The van der Waals surface area contributed by atoms with Crippen LogP contribution in [0.1, 0.15) is 22.6 Å². The number of urea groups is 1. The number of hydrogen-bond donors (Lipinski definition) is 1. The molecule has 27 heavy (non-hydrogen) atoms. The summed E-state index contributed by atoms with van der Waals surface area (Å²) in [6.45, 7) is 1.66. The fourth-order valence-corrected chi connectivity index (χ4v) is 4.24. The lowest BCUT2D eigenvalue weighted by molar-refractivity contribution is -0.115. The van der Waals surface area contributed by atoms with Gasteiger partial charge in [-0.15, -0.1) is 12.4 Å². The van der Waals surface area contributed by atoms with Crippen molar-refractivity contribution in [3.05, 3.63) is 63.1 Å². The molecule has 1 unspecified atom stereocenters. The molecule has 1 saturated heterocycles. The molecule has 0 bridgehead atoms. The molecule has 0 radical (unpaired) electrons. The van der Waals surface area contributed by atoms with E-state index in [0.717, 1.165) is 29.8 Å². The fourth-order valence-electron chi connectivity index (χ4n) is 3.67. The Balaban J connectivity index is 0.00000210. The van der Waals surface area contributed by atoms with Gasteiger partial charge in [0.1, 0.15) is 0 Å². The van der Waals surface area contributed by atoms with E-state index in [-0.39, 0.29) is 36.8 Å². The summed E-state index contributed by atoms with van der Waals surface area (Å²) in [5.74, 6) is -0.124. The first kappa shape index (κ1) is 20.0. The highest BCUT2D eigenvalue weighted by Gasteiger charge is 2.31. The number of likely N-dealkylation sites (N-methyl/N-ethyl adjacent to an activating group) is 1. The second-order valence-corrected chi connectivity index (χ2v) is 7.53. The number of benzene rings is 2. The number of rotatable bonds is 2. The quantitative estimate of drug-likeness (QED) is 0.737. The zero-order valence-corrected chi connectivity index (χ0v) is 16.9. The summed E-state index contributed by atoms with van der Waals surface area (Å²) in [6.07, 6.45) is 0. The van der Waals surface area contributed by atoms with Crippen molar-refractivity contribution in [2.24, 2.45) is 0 Å². The molecular formula is C19H18Cl3N3O2. The number of anilines is 1. The maximum atomic E-state index is 11.9. The molecule has 5 nitrogen and oxygen atoms in total. The Labute approximate surface area is 173 Å². The van der Waals surface area contributed by atoms with Crippen LogP contribution in [-0.2, 0) is 11.3 Å². The number of amides is 3. The van der Waals surface area contributed by atoms with Gasteiger partial charge in [0, 0.05) is 29.1 Å². The molecule has 1 fully saturated rings. The first-order valence-corrected chi connectivity index (χ1v) is 9.06. The number of nitrogens with one attached hydrogen (secondary N) is 1. The van der Waals surface area contributed by atoms with Crippen LogP contribution in [0.3, 0.4) is 0 Å². The lowest BCUT2D eigenvalue weighted by Gasteiger charge is -2.33. The normalized spacial score (nSPS) is 19.5. The second-order valence-electron chi connectivity index (χ2n) is 6.68. The molecule has 2 heterocycles. The SMILES string of the molecule is CN1Cc2c(Cl)cc(Cl)cc2C(c2ccc(N3C(=O)CNC3=O)cc2)C1.Cl. The summed E-state index contributed by atoms with van der Waals surface area (Å²) < 4.78 is 0. The average molecular weight is 427 g/mol. The van der Waals surface area contributed by atoms with Crippen LogP contribution in [0.2, 0.25) is 10.0 Å². The minimum atomic E-state index is -0.385. The van der Waals surface area contributed by atoms with Crippen molar-refractivity contribution < 1.29 is 9.59 Å². The van der Waals surface area contributed by atoms with E-state index in [0.29, 0.717) is 15.7 Å². The Kier molecular flexibility index (Phi) is 5.68. The van der Waals surface area contributed by atoms with Gasteiger partial charge in [-0.3, -0.25) is 4.79 Å².